The summed E-state index contributed by atoms with van der Waals surface area (Å²) < 4.78 is 17.0. The van der Waals surface area contributed by atoms with Crippen molar-refractivity contribution in [1.29, 1.82) is 0 Å². The number of hydrogen-bond acceptors (Lipinski definition) is 8. The lowest BCUT2D eigenvalue weighted by Gasteiger charge is -2.30. The van der Waals surface area contributed by atoms with Crippen LogP contribution in [0.25, 0.3) is 22.5 Å². The van der Waals surface area contributed by atoms with E-state index in [1.54, 1.807) is 33.2 Å². The predicted molar refractivity (Wildman–Crippen MR) is 248 cm³/mol. The van der Waals surface area contributed by atoms with Gasteiger partial charge in [0.2, 0.25) is 5.91 Å². The molecular formula is C51H74N4O6. The number of likely N-dealkylation sites (tertiary alicyclic amines) is 1. The normalized spacial score (nSPS) is 13.8. The van der Waals surface area contributed by atoms with Gasteiger partial charge >= 0.3 is 12.1 Å². The molecular weight excluding hydrogens is 765 g/mol. The Morgan fingerprint density at radius 1 is 0.754 bits per heavy atom. The van der Waals surface area contributed by atoms with Gasteiger partial charge in [0.15, 0.2) is 5.82 Å². The second kappa shape index (κ2) is 27.6. The molecule has 1 aliphatic heterocycles. The molecule has 1 aromatic heterocycles. The minimum absolute atomic E-state index is 0. The molecule has 0 unspecified atom stereocenters. The number of esters is 1. The molecule has 0 radical (unpaired) electrons. The molecule has 1 N–H and O–H groups in total. The SMILES string of the molecule is CC.CCCCCC.CCCCCCCOc1ccc(-c2cnc(-c3ccc(C[C@H](NC(=O)OCc4ccccc4)C(=O)N4CCC[C@H]4C(=O)OC(C)(C)C)cc3)nc2)cc1.[HH]. The molecule has 61 heavy (non-hydrogen) atoms. The van der Waals surface area contributed by atoms with Crippen molar-refractivity contribution < 1.29 is 30.0 Å². The highest BCUT2D eigenvalue weighted by molar-refractivity contribution is 5.90. The largest absolute Gasteiger partial charge is 0.494 e. The van der Waals surface area contributed by atoms with Crippen molar-refractivity contribution in [2.24, 2.45) is 0 Å². The van der Waals surface area contributed by atoms with Gasteiger partial charge in [-0.15, -0.1) is 0 Å². The minimum atomic E-state index is -0.967. The summed E-state index contributed by atoms with van der Waals surface area (Å²) in [7, 11) is 0. The first kappa shape index (κ1) is 50.1. The molecule has 2 atom stereocenters. The van der Waals surface area contributed by atoms with Gasteiger partial charge in [0.1, 0.15) is 30.0 Å². The van der Waals surface area contributed by atoms with E-state index in [1.165, 1.54) is 56.3 Å². The highest BCUT2D eigenvalue weighted by atomic mass is 16.6. The van der Waals surface area contributed by atoms with E-state index in [0.717, 1.165) is 46.6 Å². The van der Waals surface area contributed by atoms with Crippen LogP contribution >= 0.6 is 0 Å². The van der Waals surface area contributed by atoms with Crippen LogP contribution < -0.4 is 10.1 Å². The molecule has 2 amide bonds. The molecule has 10 nitrogen and oxygen atoms in total. The molecule has 4 aromatic rings. The van der Waals surface area contributed by atoms with Gasteiger partial charge in [0.25, 0.3) is 0 Å². The van der Waals surface area contributed by atoms with Crippen LogP contribution in [0.1, 0.15) is 139 Å². The summed E-state index contributed by atoms with van der Waals surface area (Å²) >= 11 is 0. The van der Waals surface area contributed by atoms with Crippen LogP contribution in [0.4, 0.5) is 4.79 Å². The molecule has 0 spiro atoms. The Labute approximate surface area is 367 Å². The molecule has 5 rings (SSSR count). The lowest BCUT2D eigenvalue weighted by Crippen LogP contribution is -2.53. The summed E-state index contributed by atoms with van der Waals surface area (Å²) in [5.74, 6) is 0.614. The van der Waals surface area contributed by atoms with Gasteiger partial charge in [-0.25, -0.2) is 19.6 Å². The predicted octanol–water partition coefficient (Wildman–Crippen LogP) is 12.2. The number of aromatic nitrogens is 2. The average molecular weight is 839 g/mol. The third-order valence-corrected chi connectivity index (χ3v) is 9.98. The molecule has 334 valence electrons. The third-order valence-electron chi connectivity index (χ3n) is 9.98. The van der Waals surface area contributed by atoms with Crippen molar-refractivity contribution in [3.63, 3.8) is 0 Å². The summed E-state index contributed by atoms with van der Waals surface area (Å²) in [6, 6.07) is 23.2. The van der Waals surface area contributed by atoms with E-state index < -0.39 is 29.7 Å². The van der Waals surface area contributed by atoms with Crippen molar-refractivity contribution >= 4 is 18.0 Å². The van der Waals surface area contributed by atoms with Gasteiger partial charge in [-0.1, -0.05) is 153 Å². The van der Waals surface area contributed by atoms with E-state index in [4.69, 9.17) is 14.2 Å². The van der Waals surface area contributed by atoms with Crippen LogP contribution in [0.15, 0.2) is 91.3 Å². The van der Waals surface area contributed by atoms with Gasteiger partial charge in [-0.2, -0.15) is 0 Å². The van der Waals surface area contributed by atoms with E-state index in [-0.39, 0.29) is 20.4 Å². The van der Waals surface area contributed by atoms with E-state index >= 15 is 0 Å². The topological polar surface area (TPSA) is 120 Å². The molecule has 1 fully saturated rings. The van der Waals surface area contributed by atoms with Crippen molar-refractivity contribution in [2.75, 3.05) is 13.2 Å². The molecule has 10 heteroatoms. The molecule has 3 aromatic carbocycles. The Bertz CT molecular complexity index is 1830. The fourth-order valence-electron chi connectivity index (χ4n) is 6.74. The number of hydrogen-bond donors (Lipinski definition) is 1. The van der Waals surface area contributed by atoms with Crippen LogP contribution in [0.2, 0.25) is 0 Å². The Morgan fingerprint density at radius 2 is 1.34 bits per heavy atom. The number of amides is 2. The van der Waals surface area contributed by atoms with Crippen molar-refractivity contribution in [3.05, 3.63) is 102 Å². The summed E-state index contributed by atoms with van der Waals surface area (Å²) in [5, 5.41) is 2.77. The van der Waals surface area contributed by atoms with Gasteiger partial charge in [0, 0.05) is 37.9 Å². The summed E-state index contributed by atoms with van der Waals surface area (Å²) in [5.41, 5.74) is 3.66. The number of benzene rings is 3. The lowest BCUT2D eigenvalue weighted by atomic mass is 10.0. The second-order valence-electron chi connectivity index (χ2n) is 16.2. The number of carbonyl (C=O) groups excluding carboxylic acids is 3. The highest BCUT2D eigenvalue weighted by Crippen LogP contribution is 2.26. The number of alkyl carbamates (subject to hydrolysis) is 1. The Morgan fingerprint density at radius 3 is 1.95 bits per heavy atom. The van der Waals surface area contributed by atoms with Gasteiger partial charge < -0.3 is 24.4 Å². The zero-order valence-electron chi connectivity index (χ0n) is 38.2. The van der Waals surface area contributed by atoms with E-state index in [9.17, 15) is 14.4 Å². The lowest BCUT2D eigenvalue weighted by molar-refractivity contribution is -0.163. The number of nitrogens with one attached hydrogen (secondary N) is 1. The molecule has 0 saturated carbocycles. The fraction of sp³-hybridized carbons (Fsp3) is 0.510. The minimum Gasteiger partial charge on any atom is -0.494 e. The standard InChI is InChI=1S/C43H52N4O6.C6H14.C2H6.H2/c1-5-6-7-8-12-26-51-36-23-21-33(22-24-36)35-28-44-39(45-29-35)34-19-17-31(18-20-34)27-37(46-42(50)52-30-32-14-10-9-11-15-32)40(48)47-25-13-16-38(47)41(49)53-43(2,3)4;1-3-5-6-4-2;1-2;/h9-11,14-15,17-24,28-29,37-38H,5-8,12-13,16,25-27,30H2,1-4H3,(H,46,50);3-6H2,1-2H3;1-2H3;1H/t37-,38-;;;/m0.../s1. The first-order chi connectivity index (χ1) is 29.5. The number of carbonyl (C=O) groups is 3. The number of unbranched alkanes of at least 4 members (excludes halogenated alkanes) is 7. The van der Waals surface area contributed by atoms with Gasteiger partial charge in [-0.05, 0) is 68.9 Å². The molecule has 0 aliphatic carbocycles. The van der Waals surface area contributed by atoms with Crippen LogP contribution in [0.3, 0.4) is 0 Å². The van der Waals surface area contributed by atoms with E-state index in [1.807, 2.05) is 92.7 Å². The second-order valence-corrected chi connectivity index (χ2v) is 16.2. The van der Waals surface area contributed by atoms with Gasteiger partial charge in [-0.3, -0.25) is 4.79 Å². The fourth-order valence-corrected chi connectivity index (χ4v) is 6.74. The Balaban J connectivity index is 0.00000135. The summed E-state index contributed by atoms with van der Waals surface area (Å²) in [6.45, 7) is 17.3. The van der Waals surface area contributed by atoms with E-state index in [0.29, 0.717) is 25.2 Å². The first-order valence-electron chi connectivity index (χ1n) is 22.7. The average Bonchev–Trinajstić information content (AvgIpc) is 3.78. The summed E-state index contributed by atoms with van der Waals surface area (Å²) in [6.07, 6.45) is 15.8. The molecule has 0 bridgehead atoms. The quantitative estimate of drug-likeness (QED) is 0.0732. The number of ether oxygens (including phenoxy) is 3. The first-order valence-corrected chi connectivity index (χ1v) is 22.7. The zero-order valence-corrected chi connectivity index (χ0v) is 38.2. The van der Waals surface area contributed by atoms with Crippen molar-refractivity contribution in [2.45, 2.75) is 157 Å². The van der Waals surface area contributed by atoms with Crippen molar-refractivity contribution in [1.82, 2.24) is 20.2 Å². The zero-order chi connectivity index (χ0) is 44.5. The number of nitrogens with zero attached hydrogens (tertiary/aromatic N) is 3. The third kappa shape index (κ3) is 18.1. The van der Waals surface area contributed by atoms with Crippen LogP contribution in [0, 0.1) is 0 Å². The van der Waals surface area contributed by atoms with E-state index in [2.05, 4.69) is 36.1 Å². The Hall–Kier alpha value is -5.25. The Kier molecular flexibility index (Phi) is 22.6. The molecule has 1 aliphatic rings. The smallest absolute Gasteiger partial charge is 0.408 e. The molecule has 1 saturated heterocycles. The van der Waals surface area contributed by atoms with Crippen molar-refractivity contribution in [3.8, 4) is 28.3 Å². The number of rotatable bonds is 19. The van der Waals surface area contributed by atoms with Crippen LogP contribution in [-0.2, 0) is 32.1 Å². The van der Waals surface area contributed by atoms with Gasteiger partial charge in [0.05, 0.1) is 6.61 Å². The maximum Gasteiger partial charge on any atom is 0.408 e. The highest BCUT2D eigenvalue weighted by Gasteiger charge is 2.40. The molecule has 2 heterocycles. The maximum atomic E-state index is 14.0. The monoisotopic (exact) mass is 839 g/mol. The maximum absolute atomic E-state index is 14.0. The summed E-state index contributed by atoms with van der Waals surface area (Å²) in [4.78, 5) is 50.8. The van der Waals surface area contributed by atoms with Crippen LogP contribution in [-0.4, -0.2) is 63.7 Å². The van der Waals surface area contributed by atoms with Crippen LogP contribution in [0.5, 0.6) is 5.75 Å².